The van der Waals surface area contributed by atoms with Crippen LogP contribution in [0.15, 0.2) is 24.3 Å². The molecule has 0 unspecified atom stereocenters. The van der Waals surface area contributed by atoms with E-state index in [1.807, 2.05) is 12.1 Å². The highest BCUT2D eigenvalue weighted by Crippen LogP contribution is 2.27. The van der Waals surface area contributed by atoms with E-state index < -0.39 is 5.97 Å². The van der Waals surface area contributed by atoms with Crippen LogP contribution in [0.5, 0.6) is 0 Å². The first-order chi connectivity index (χ1) is 12.1. The van der Waals surface area contributed by atoms with Gasteiger partial charge in [0.1, 0.15) is 0 Å². The highest BCUT2D eigenvalue weighted by Gasteiger charge is 2.30. The summed E-state index contributed by atoms with van der Waals surface area (Å²) < 4.78 is 0. The van der Waals surface area contributed by atoms with Crippen molar-refractivity contribution >= 4 is 11.9 Å². The van der Waals surface area contributed by atoms with Crippen LogP contribution in [0.1, 0.15) is 54.4 Å². The molecule has 5 heteroatoms. The van der Waals surface area contributed by atoms with E-state index in [9.17, 15) is 9.59 Å². The zero-order valence-electron chi connectivity index (χ0n) is 14.7. The second-order valence-corrected chi connectivity index (χ2v) is 7.32. The van der Waals surface area contributed by atoms with Gasteiger partial charge in [-0.3, -0.25) is 9.69 Å². The van der Waals surface area contributed by atoms with E-state index in [2.05, 4.69) is 10.2 Å². The molecule has 1 aliphatic heterocycles. The van der Waals surface area contributed by atoms with Crippen LogP contribution in [-0.2, 0) is 11.2 Å². The van der Waals surface area contributed by atoms with Gasteiger partial charge in [-0.25, -0.2) is 4.79 Å². The smallest absolute Gasteiger partial charge is 0.335 e. The van der Waals surface area contributed by atoms with Crippen LogP contribution >= 0.6 is 0 Å². The van der Waals surface area contributed by atoms with Gasteiger partial charge in [0.25, 0.3) is 0 Å². The Morgan fingerprint density at radius 1 is 1.08 bits per heavy atom. The van der Waals surface area contributed by atoms with E-state index in [0.717, 1.165) is 37.9 Å². The summed E-state index contributed by atoms with van der Waals surface area (Å²) >= 11 is 0. The zero-order chi connectivity index (χ0) is 17.6. The first-order valence-corrected chi connectivity index (χ1v) is 9.47. The van der Waals surface area contributed by atoms with Crippen molar-refractivity contribution in [2.45, 2.75) is 51.0 Å². The molecule has 2 aliphatic rings. The molecule has 1 amide bonds. The summed E-state index contributed by atoms with van der Waals surface area (Å²) in [5.41, 5.74) is 1.34. The van der Waals surface area contributed by atoms with Crippen LogP contribution < -0.4 is 5.32 Å². The first kappa shape index (κ1) is 17.9. The third-order valence-electron chi connectivity index (χ3n) is 5.58. The first-order valence-electron chi connectivity index (χ1n) is 9.47. The number of benzene rings is 1. The maximum Gasteiger partial charge on any atom is 0.335 e. The number of hydrogen-bond donors (Lipinski definition) is 2. The number of nitrogens with zero attached hydrogens (tertiary/aromatic N) is 1. The second-order valence-electron chi connectivity index (χ2n) is 7.32. The molecule has 1 atom stereocenters. The summed E-state index contributed by atoms with van der Waals surface area (Å²) in [5.74, 6) is -0.627. The van der Waals surface area contributed by atoms with Gasteiger partial charge in [0.2, 0.25) is 5.91 Å². The molecular weight excluding hydrogens is 316 g/mol. The number of carboxylic acids is 1. The van der Waals surface area contributed by atoms with Gasteiger partial charge >= 0.3 is 5.97 Å². The quantitative estimate of drug-likeness (QED) is 0.832. The molecule has 136 valence electrons. The number of carbonyl (C=O) groups is 2. The maximum absolute atomic E-state index is 12.5. The van der Waals surface area contributed by atoms with Gasteiger partial charge in [-0.05, 0) is 56.3 Å². The number of carboxylic acid groups (broad SMARTS) is 1. The monoisotopic (exact) mass is 344 g/mol. The minimum Gasteiger partial charge on any atom is -0.478 e. The summed E-state index contributed by atoms with van der Waals surface area (Å²) in [4.78, 5) is 25.9. The van der Waals surface area contributed by atoms with Crippen molar-refractivity contribution in [3.05, 3.63) is 35.4 Å². The normalized spacial score (nSPS) is 22.0. The van der Waals surface area contributed by atoms with Gasteiger partial charge in [-0.15, -0.1) is 0 Å². The summed E-state index contributed by atoms with van der Waals surface area (Å²) in [6.07, 6.45) is 8.08. The lowest BCUT2D eigenvalue weighted by molar-refractivity contribution is -0.127. The van der Waals surface area contributed by atoms with Crippen LogP contribution in [0.2, 0.25) is 0 Å². The molecule has 0 radical (unpaired) electrons. The molecule has 1 heterocycles. The molecule has 1 aromatic carbocycles. The molecule has 2 fully saturated rings. The summed E-state index contributed by atoms with van der Waals surface area (Å²) in [6.45, 7) is 2.65. The maximum atomic E-state index is 12.5. The SMILES string of the molecule is O=C(O)c1ccc(CCNC(=O)[C@H]2CCCN(C3CCCC3)C2)cc1. The van der Waals surface area contributed by atoms with Gasteiger partial charge < -0.3 is 10.4 Å². The summed E-state index contributed by atoms with van der Waals surface area (Å²) in [5, 5.41) is 12.0. The molecule has 5 nitrogen and oxygen atoms in total. The van der Waals surface area contributed by atoms with Crippen molar-refractivity contribution in [3.63, 3.8) is 0 Å². The molecule has 0 aromatic heterocycles. The lowest BCUT2D eigenvalue weighted by Gasteiger charge is -2.36. The topological polar surface area (TPSA) is 69.6 Å². The van der Waals surface area contributed by atoms with Gasteiger partial charge in [0, 0.05) is 19.1 Å². The molecule has 0 spiro atoms. The zero-order valence-corrected chi connectivity index (χ0v) is 14.7. The minimum absolute atomic E-state index is 0.115. The van der Waals surface area contributed by atoms with Crippen LogP contribution in [0.3, 0.4) is 0 Å². The number of amides is 1. The fourth-order valence-corrected chi connectivity index (χ4v) is 4.11. The highest BCUT2D eigenvalue weighted by atomic mass is 16.4. The van der Waals surface area contributed by atoms with Crippen molar-refractivity contribution < 1.29 is 14.7 Å². The number of nitrogens with one attached hydrogen (secondary N) is 1. The Morgan fingerprint density at radius 3 is 2.48 bits per heavy atom. The van der Waals surface area contributed by atoms with Crippen LogP contribution in [0, 0.1) is 5.92 Å². The third-order valence-corrected chi connectivity index (χ3v) is 5.58. The number of likely N-dealkylation sites (tertiary alicyclic amines) is 1. The van der Waals surface area contributed by atoms with Gasteiger partial charge in [-0.1, -0.05) is 25.0 Å². The van der Waals surface area contributed by atoms with E-state index in [1.54, 1.807) is 12.1 Å². The van der Waals surface area contributed by atoms with Gasteiger partial charge in [0.15, 0.2) is 0 Å². The Bertz CT molecular complexity index is 593. The summed E-state index contributed by atoms with van der Waals surface area (Å²) in [7, 11) is 0. The van der Waals surface area contributed by atoms with Crippen molar-refractivity contribution in [1.82, 2.24) is 10.2 Å². The minimum atomic E-state index is -0.913. The standard InChI is InChI=1S/C20H28N2O3/c23-19(17-4-3-13-22(14-17)18-5-1-2-6-18)21-12-11-15-7-9-16(10-8-15)20(24)25/h7-10,17-18H,1-6,11-14H2,(H,21,23)(H,24,25)/t17-/m0/s1. The third kappa shape index (κ3) is 4.82. The fourth-order valence-electron chi connectivity index (χ4n) is 4.11. The predicted octanol–water partition coefficient (Wildman–Crippen LogP) is 2.70. The van der Waals surface area contributed by atoms with E-state index in [0.29, 0.717) is 18.2 Å². The Morgan fingerprint density at radius 2 is 1.80 bits per heavy atom. The van der Waals surface area contributed by atoms with Crippen molar-refractivity contribution in [3.8, 4) is 0 Å². The molecular formula is C20H28N2O3. The largest absolute Gasteiger partial charge is 0.478 e. The molecule has 1 aromatic rings. The fraction of sp³-hybridized carbons (Fsp3) is 0.600. The van der Waals surface area contributed by atoms with E-state index >= 15 is 0 Å². The van der Waals surface area contributed by atoms with Crippen LogP contribution in [-0.4, -0.2) is 47.6 Å². The molecule has 25 heavy (non-hydrogen) atoms. The van der Waals surface area contributed by atoms with Gasteiger partial charge in [0.05, 0.1) is 11.5 Å². The number of carbonyl (C=O) groups excluding carboxylic acids is 1. The second kappa shape index (κ2) is 8.48. The molecule has 2 N–H and O–H groups in total. The number of hydrogen-bond acceptors (Lipinski definition) is 3. The Hall–Kier alpha value is -1.88. The number of aromatic carboxylic acids is 1. The Labute approximate surface area is 149 Å². The van der Waals surface area contributed by atoms with Gasteiger partial charge in [-0.2, -0.15) is 0 Å². The van der Waals surface area contributed by atoms with Crippen molar-refractivity contribution in [2.75, 3.05) is 19.6 Å². The van der Waals surface area contributed by atoms with Crippen LogP contribution in [0.25, 0.3) is 0 Å². The Kier molecular flexibility index (Phi) is 6.08. The molecule has 1 aliphatic carbocycles. The summed E-state index contributed by atoms with van der Waals surface area (Å²) in [6, 6.07) is 7.55. The van der Waals surface area contributed by atoms with E-state index in [-0.39, 0.29) is 11.8 Å². The van der Waals surface area contributed by atoms with Crippen molar-refractivity contribution in [1.29, 1.82) is 0 Å². The van der Waals surface area contributed by atoms with E-state index in [4.69, 9.17) is 5.11 Å². The molecule has 0 bridgehead atoms. The lowest BCUT2D eigenvalue weighted by Crippen LogP contribution is -2.46. The molecule has 1 saturated carbocycles. The predicted molar refractivity (Wildman–Crippen MR) is 96.7 cm³/mol. The lowest BCUT2D eigenvalue weighted by atomic mass is 9.95. The molecule has 1 saturated heterocycles. The van der Waals surface area contributed by atoms with Crippen molar-refractivity contribution in [2.24, 2.45) is 5.92 Å². The Balaban J connectivity index is 1.43. The highest BCUT2D eigenvalue weighted by molar-refractivity contribution is 5.87. The number of piperidine rings is 1. The average molecular weight is 344 g/mol. The van der Waals surface area contributed by atoms with Crippen LogP contribution in [0.4, 0.5) is 0 Å². The van der Waals surface area contributed by atoms with E-state index in [1.165, 1.54) is 25.7 Å². The molecule has 3 rings (SSSR count). The number of rotatable bonds is 6. The average Bonchev–Trinajstić information content (AvgIpc) is 3.17.